The first kappa shape index (κ1) is 18.7. The van der Waals surface area contributed by atoms with Crippen molar-refractivity contribution >= 4 is 22.8 Å². The monoisotopic (exact) mass is 364 g/mol. The van der Waals surface area contributed by atoms with E-state index in [0.29, 0.717) is 18.5 Å². The van der Waals surface area contributed by atoms with Crippen LogP contribution in [0.4, 0.5) is 0 Å². The highest BCUT2D eigenvalue weighted by Gasteiger charge is 2.16. The van der Waals surface area contributed by atoms with Gasteiger partial charge in [-0.05, 0) is 42.7 Å². The number of carbonyl (C=O) groups is 2. The van der Waals surface area contributed by atoms with E-state index in [1.54, 1.807) is 37.4 Å². The van der Waals surface area contributed by atoms with Gasteiger partial charge in [-0.1, -0.05) is 24.3 Å². The Morgan fingerprint density at radius 3 is 2.44 bits per heavy atom. The van der Waals surface area contributed by atoms with Crippen LogP contribution in [0.15, 0.2) is 47.1 Å². The molecule has 2 amide bonds. The number of hydrogen-bond donors (Lipinski definition) is 1. The van der Waals surface area contributed by atoms with Crippen LogP contribution in [-0.2, 0) is 17.8 Å². The number of amides is 2. The molecule has 0 spiro atoms. The van der Waals surface area contributed by atoms with E-state index < -0.39 is 0 Å². The van der Waals surface area contributed by atoms with Crippen molar-refractivity contribution in [3.63, 3.8) is 0 Å². The molecule has 0 aliphatic rings. The van der Waals surface area contributed by atoms with Crippen LogP contribution in [0.1, 0.15) is 32.6 Å². The summed E-state index contributed by atoms with van der Waals surface area (Å²) in [6.45, 7) is 4.56. The van der Waals surface area contributed by atoms with Crippen molar-refractivity contribution in [2.45, 2.75) is 26.8 Å². The second-order valence-corrected chi connectivity index (χ2v) is 6.85. The number of nitrogens with one attached hydrogen (secondary N) is 1. The highest BCUT2D eigenvalue weighted by Crippen LogP contribution is 2.27. The minimum absolute atomic E-state index is 0.0197. The van der Waals surface area contributed by atoms with Crippen molar-refractivity contribution in [1.29, 1.82) is 0 Å². The number of rotatable bonds is 5. The van der Waals surface area contributed by atoms with Gasteiger partial charge < -0.3 is 14.6 Å². The first-order chi connectivity index (χ1) is 12.9. The summed E-state index contributed by atoms with van der Waals surface area (Å²) in [6.07, 6.45) is 1.98. The molecule has 1 aromatic heterocycles. The van der Waals surface area contributed by atoms with Gasteiger partial charge in [0, 0.05) is 37.2 Å². The highest BCUT2D eigenvalue weighted by atomic mass is 16.3. The standard InChI is InChI=1S/C22H24N2O3/c1-14-5-10-19-18(13-27-21(19)15(14)2)11-20(25)24(4)12-16-6-8-17(9-7-16)22(26)23-3/h5-10,13H,11-12H2,1-4H3,(H,23,26). The molecule has 0 aliphatic heterocycles. The second-order valence-electron chi connectivity index (χ2n) is 6.85. The molecule has 1 heterocycles. The zero-order valence-electron chi connectivity index (χ0n) is 16.1. The molecule has 0 bridgehead atoms. The van der Waals surface area contributed by atoms with Crippen molar-refractivity contribution in [2.24, 2.45) is 0 Å². The molecular formula is C22H24N2O3. The molecule has 0 radical (unpaired) electrons. The van der Waals surface area contributed by atoms with Crippen molar-refractivity contribution in [3.05, 3.63) is 70.5 Å². The minimum atomic E-state index is -0.122. The van der Waals surface area contributed by atoms with Gasteiger partial charge in [0.15, 0.2) is 0 Å². The molecule has 140 valence electrons. The maximum atomic E-state index is 12.7. The smallest absolute Gasteiger partial charge is 0.251 e. The van der Waals surface area contributed by atoms with Crippen LogP contribution in [0, 0.1) is 13.8 Å². The number of furan rings is 1. The Labute approximate surface area is 159 Å². The molecule has 0 unspecified atom stereocenters. The molecule has 2 aromatic carbocycles. The summed E-state index contributed by atoms with van der Waals surface area (Å²) >= 11 is 0. The molecule has 0 saturated heterocycles. The third-order valence-electron chi connectivity index (χ3n) is 4.97. The van der Waals surface area contributed by atoms with E-state index in [9.17, 15) is 9.59 Å². The number of hydrogen-bond acceptors (Lipinski definition) is 3. The average molecular weight is 364 g/mol. The number of aryl methyl sites for hydroxylation is 2. The Balaban J connectivity index is 1.69. The number of nitrogens with zero attached hydrogens (tertiary/aromatic N) is 1. The van der Waals surface area contributed by atoms with Crippen LogP contribution in [0.2, 0.25) is 0 Å². The lowest BCUT2D eigenvalue weighted by molar-refractivity contribution is -0.129. The first-order valence-electron chi connectivity index (χ1n) is 8.92. The molecule has 27 heavy (non-hydrogen) atoms. The summed E-state index contributed by atoms with van der Waals surface area (Å²) in [7, 11) is 3.39. The molecule has 5 heteroatoms. The summed E-state index contributed by atoms with van der Waals surface area (Å²) in [5.41, 5.74) is 5.61. The summed E-state index contributed by atoms with van der Waals surface area (Å²) in [5, 5.41) is 3.59. The summed E-state index contributed by atoms with van der Waals surface area (Å²) < 4.78 is 5.70. The van der Waals surface area contributed by atoms with E-state index in [-0.39, 0.29) is 11.8 Å². The van der Waals surface area contributed by atoms with E-state index in [4.69, 9.17) is 4.42 Å². The van der Waals surface area contributed by atoms with Gasteiger partial charge in [-0.15, -0.1) is 0 Å². The third kappa shape index (κ3) is 3.87. The largest absolute Gasteiger partial charge is 0.464 e. The zero-order valence-corrected chi connectivity index (χ0v) is 16.1. The number of carbonyl (C=O) groups excluding carboxylic acids is 2. The molecule has 0 atom stereocenters. The number of likely N-dealkylation sites (N-methyl/N-ethyl adjacent to an activating group) is 1. The lowest BCUT2D eigenvalue weighted by atomic mass is 10.0. The molecular weight excluding hydrogens is 340 g/mol. The summed E-state index contributed by atoms with van der Waals surface area (Å²) in [5.74, 6) is -0.102. The van der Waals surface area contributed by atoms with Gasteiger partial charge in [-0.3, -0.25) is 9.59 Å². The van der Waals surface area contributed by atoms with Gasteiger partial charge in [0.2, 0.25) is 5.91 Å². The average Bonchev–Trinajstić information content (AvgIpc) is 3.08. The molecule has 1 N–H and O–H groups in total. The maximum absolute atomic E-state index is 12.7. The van der Waals surface area contributed by atoms with Crippen LogP contribution in [0.25, 0.3) is 11.0 Å². The van der Waals surface area contributed by atoms with Crippen molar-refractivity contribution < 1.29 is 14.0 Å². The van der Waals surface area contributed by atoms with Crippen LogP contribution in [0.3, 0.4) is 0 Å². The van der Waals surface area contributed by atoms with E-state index in [2.05, 4.69) is 11.4 Å². The van der Waals surface area contributed by atoms with Crippen molar-refractivity contribution in [2.75, 3.05) is 14.1 Å². The van der Waals surface area contributed by atoms with E-state index in [1.807, 2.05) is 32.0 Å². The lowest BCUT2D eigenvalue weighted by Crippen LogP contribution is -2.27. The van der Waals surface area contributed by atoms with Gasteiger partial charge in [-0.2, -0.15) is 0 Å². The quantitative estimate of drug-likeness (QED) is 0.752. The second kappa shape index (κ2) is 7.66. The molecule has 5 nitrogen and oxygen atoms in total. The Morgan fingerprint density at radius 1 is 1.07 bits per heavy atom. The zero-order chi connectivity index (χ0) is 19.6. The van der Waals surface area contributed by atoms with Crippen LogP contribution < -0.4 is 5.32 Å². The fourth-order valence-electron chi connectivity index (χ4n) is 3.09. The predicted molar refractivity (Wildman–Crippen MR) is 106 cm³/mol. The molecule has 0 aliphatic carbocycles. The SMILES string of the molecule is CNC(=O)c1ccc(CN(C)C(=O)Cc2coc3c(C)c(C)ccc23)cc1. The minimum Gasteiger partial charge on any atom is -0.464 e. The molecule has 0 saturated carbocycles. The first-order valence-corrected chi connectivity index (χ1v) is 8.92. The predicted octanol–water partition coefficient (Wildman–Crippen LogP) is 3.61. The van der Waals surface area contributed by atoms with Crippen LogP contribution in [-0.4, -0.2) is 30.8 Å². The number of benzene rings is 2. The highest BCUT2D eigenvalue weighted by molar-refractivity contribution is 5.94. The normalized spacial score (nSPS) is 10.8. The van der Waals surface area contributed by atoms with Gasteiger partial charge in [0.25, 0.3) is 5.91 Å². The Kier molecular flexibility index (Phi) is 5.31. The lowest BCUT2D eigenvalue weighted by Gasteiger charge is -2.17. The van der Waals surface area contributed by atoms with E-state index >= 15 is 0 Å². The Morgan fingerprint density at radius 2 is 1.78 bits per heavy atom. The van der Waals surface area contributed by atoms with Crippen molar-refractivity contribution in [1.82, 2.24) is 10.2 Å². The maximum Gasteiger partial charge on any atom is 0.251 e. The summed E-state index contributed by atoms with van der Waals surface area (Å²) in [6, 6.07) is 11.3. The summed E-state index contributed by atoms with van der Waals surface area (Å²) in [4.78, 5) is 25.9. The van der Waals surface area contributed by atoms with Crippen molar-refractivity contribution in [3.8, 4) is 0 Å². The van der Waals surface area contributed by atoms with Gasteiger partial charge in [0.05, 0.1) is 12.7 Å². The molecule has 3 aromatic rings. The Bertz CT molecular complexity index is 987. The van der Waals surface area contributed by atoms with Gasteiger partial charge in [-0.25, -0.2) is 0 Å². The van der Waals surface area contributed by atoms with E-state index in [0.717, 1.165) is 27.7 Å². The van der Waals surface area contributed by atoms with Gasteiger partial charge >= 0.3 is 0 Å². The fraction of sp³-hybridized carbons (Fsp3) is 0.273. The topological polar surface area (TPSA) is 62.6 Å². The number of fused-ring (bicyclic) bond motifs is 1. The molecule has 0 fully saturated rings. The Hall–Kier alpha value is -3.08. The van der Waals surface area contributed by atoms with Crippen LogP contribution >= 0.6 is 0 Å². The fourth-order valence-corrected chi connectivity index (χ4v) is 3.09. The third-order valence-corrected chi connectivity index (χ3v) is 4.97. The molecule has 3 rings (SSSR count). The van der Waals surface area contributed by atoms with Crippen LogP contribution in [0.5, 0.6) is 0 Å². The van der Waals surface area contributed by atoms with E-state index in [1.165, 1.54) is 5.56 Å². The van der Waals surface area contributed by atoms with Gasteiger partial charge in [0.1, 0.15) is 5.58 Å².